The largest absolute Gasteiger partial charge is 0.494 e. The second-order valence-electron chi connectivity index (χ2n) is 4.53. The fourth-order valence-corrected chi connectivity index (χ4v) is 2.07. The number of nitrogen functional groups attached to an aromatic ring is 1. The van der Waals surface area contributed by atoms with Crippen LogP contribution in [-0.2, 0) is 0 Å². The van der Waals surface area contributed by atoms with Crippen LogP contribution in [0.15, 0.2) is 48.5 Å². The first-order chi connectivity index (χ1) is 10.3. The maximum Gasteiger partial charge on any atom is 0.174 e. The molecule has 1 heterocycles. The van der Waals surface area contributed by atoms with E-state index in [1.54, 1.807) is 0 Å². The number of nitrogens with two attached hydrogens (primary N) is 1. The molecule has 3 N–H and O–H groups in total. The Morgan fingerprint density at radius 3 is 2.57 bits per heavy atom. The molecule has 0 amide bonds. The minimum Gasteiger partial charge on any atom is -0.494 e. The maximum absolute atomic E-state index is 5.96. The molecule has 2 aromatic carbocycles. The Bertz CT molecular complexity index is 773. The van der Waals surface area contributed by atoms with E-state index in [4.69, 9.17) is 10.5 Å². The summed E-state index contributed by atoms with van der Waals surface area (Å²) in [6, 6.07) is 15.3. The van der Waals surface area contributed by atoms with Crippen LogP contribution in [0, 0.1) is 0 Å². The zero-order chi connectivity index (χ0) is 14.7. The summed E-state index contributed by atoms with van der Waals surface area (Å²) in [6.07, 6.45) is 0. The first kappa shape index (κ1) is 13.2. The number of nitrogens with zero attached hydrogens (tertiary/aromatic N) is 2. The maximum atomic E-state index is 5.96. The van der Waals surface area contributed by atoms with Gasteiger partial charge in [0.1, 0.15) is 5.75 Å². The standard InChI is InChI=1S/C16H16N4O/c1-2-21-12-7-5-6-11(10-12)18-16-15(17)19-13-8-3-4-9-14(13)20-16/h3-10H,2H2,1H3,(H2,17,19)(H,18,20). The minimum absolute atomic E-state index is 0.371. The van der Waals surface area contributed by atoms with Crippen molar-refractivity contribution in [3.05, 3.63) is 48.5 Å². The fourth-order valence-electron chi connectivity index (χ4n) is 2.07. The van der Waals surface area contributed by atoms with Gasteiger partial charge in [-0.05, 0) is 31.2 Å². The topological polar surface area (TPSA) is 73.1 Å². The lowest BCUT2D eigenvalue weighted by Crippen LogP contribution is -2.02. The molecule has 0 unspecified atom stereocenters. The molecule has 0 fully saturated rings. The monoisotopic (exact) mass is 280 g/mol. The van der Waals surface area contributed by atoms with Gasteiger partial charge < -0.3 is 15.8 Å². The number of fused-ring (bicyclic) bond motifs is 1. The summed E-state index contributed by atoms with van der Waals surface area (Å²) >= 11 is 0. The number of benzene rings is 2. The quantitative estimate of drug-likeness (QED) is 0.766. The Labute approximate surface area is 122 Å². The highest BCUT2D eigenvalue weighted by molar-refractivity contribution is 5.80. The molecule has 0 radical (unpaired) electrons. The van der Waals surface area contributed by atoms with E-state index in [2.05, 4.69) is 15.3 Å². The molecule has 5 nitrogen and oxygen atoms in total. The molecule has 0 bridgehead atoms. The van der Waals surface area contributed by atoms with Gasteiger partial charge in [0.05, 0.1) is 17.6 Å². The normalized spacial score (nSPS) is 10.5. The van der Waals surface area contributed by atoms with Crippen LogP contribution < -0.4 is 15.8 Å². The van der Waals surface area contributed by atoms with Gasteiger partial charge in [-0.25, -0.2) is 9.97 Å². The number of hydrogen-bond acceptors (Lipinski definition) is 5. The van der Waals surface area contributed by atoms with Crippen molar-refractivity contribution in [2.24, 2.45) is 0 Å². The number of rotatable bonds is 4. The molecule has 3 aromatic rings. The van der Waals surface area contributed by atoms with Gasteiger partial charge in [-0.1, -0.05) is 18.2 Å². The van der Waals surface area contributed by atoms with Gasteiger partial charge in [0.2, 0.25) is 0 Å². The molecule has 0 aliphatic carbocycles. The Balaban J connectivity index is 1.94. The zero-order valence-corrected chi connectivity index (χ0v) is 11.7. The summed E-state index contributed by atoms with van der Waals surface area (Å²) in [4.78, 5) is 8.86. The summed E-state index contributed by atoms with van der Waals surface area (Å²) in [6.45, 7) is 2.58. The van der Waals surface area contributed by atoms with Gasteiger partial charge in [0, 0.05) is 11.8 Å². The van der Waals surface area contributed by atoms with Crippen molar-refractivity contribution in [3.8, 4) is 5.75 Å². The van der Waals surface area contributed by atoms with E-state index >= 15 is 0 Å². The van der Waals surface area contributed by atoms with E-state index in [1.165, 1.54) is 0 Å². The third-order valence-corrected chi connectivity index (χ3v) is 3.01. The van der Waals surface area contributed by atoms with E-state index in [0.29, 0.717) is 18.2 Å². The van der Waals surface area contributed by atoms with Crippen molar-refractivity contribution in [1.82, 2.24) is 9.97 Å². The fraction of sp³-hybridized carbons (Fsp3) is 0.125. The molecule has 3 rings (SSSR count). The Kier molecular flexibility index (Phi) is 3.55. The third-order valence-electron chi connectivity index (χ3n) is 3.01. The van der Waals surface area contributed by atoms with Crippen LogP contribution in [0.5, 0.6) is 5.75 Å². The van der Waals surface area contributed by atoms with Crippen LogP contribution in [0.25, 0.3) is 11.0 Å². The van der Waals surface area contributed by atoms with Crippen LogP contribution in [0.4, 0.5) is 17.3 Å². The molecule has 0 spiro atoms. The van der Waals surface area contributed by atoms with Crippen LogP contribution in [-0.4, -0.2) is 16.6 Å². The Morgan fingerprint density at radius 1 is 1.05 bits per heavy atom. The first-order valence-electron chi connectivity index (χ1n) is 6.78. The van der Waals surface area contributed by atoms with Gasteiger partial charge in [-0.15, -0.1) is 0 Å². The number of nitrogens with one attached hydrogen (secondary N) is 1. The second kappa shape index (κ2) is 5.66. The van der Waals surface area contributed by atoms with Crippen molar-refractivity contribution in [2.45, 2.75) is 6.92 Å². The van der Waals surface area contributed by atoms with Gasteiger partial charge in [0.15, 0.2) is 11.6 Å². The average Bonchev–Trinajstić information content (AvgIpc) is 2.49. The minimum atomic E-state index is 0.371. The summed E-state index contributed by atoms with van der Waals surface area (Å²) in [5.74, 6) is 1.72. The van der Waals surface area contributed by atoms with Crippen LogP contribution in [0.1, 0.15) is 6.92 Å². The van der Waals surface area contributed by atoms with E-state index in [-0.39, 0.29) is 0 Å². The summed E-state index contributed by atoms with van der Waals surface area (Å²) in [5, 5.41) is 3.18. The number of anilines is 3. The third kappa shape index (κ3) is 2.86. The van der Waals surface area contributed by atoms with E-state index < -0.39 is 0 Å². The van der Waals surface area contributed by atoms with Crippen LogP contribution in [0.3, 0.4) is 0 Å². The molecule has 0 aliphatic rings. The molecule has 5 heteroatoms. The van der Waals surface area contributed by atoms with Gasteiger partial charge in [0.25, 0.3) is 0 Å². The predicted octanol–water partition coefficient (Wildman–Crippen LogP) is 3.35. The molecule has 0 aliphatic heterocycles. The first-order valence-corrected chi connectivity index (χ1v) is 6.78. The summed E-state index contributed by atoms with van der Waals surface area (Å²) in [7, 11) is 0. The molecule has 21 heavy (non-hydrogen) atoms. The molecule has 0 saturated heterocycles. The highest BCUT2D eigenvalue weighted by Crippen LogP contribution is 2.24. The van der Waals surface area contributed by atoms with Crippen molar-refractivity contribution in [3.63, 3.8) is 0 Å². The van der Waals surface area contributed by atoms with Crippen LogP contribution >= 0.6 is 0 Å². The molecule has 106 valence electrons. The molecule has 0 atom stereocenters. The lowest BCUT2D eigenvalue weighted by Gasteiger charge is -2.10. The average molecular weight is 280 g/mol. The van der Waals surface area contributed by atoms with E-state index in [1.807, 2.05) is 55.5 Å². The molecular formula is C16H16N4O. The van der Waals surface area contributed by atoms with E-state index in [9.17, 15) is 0 Å². The van der Waals surface area contributed by atoms with Gasteiger partial charge in [-0.3, -0.25) is 0 Å². The summed E-state index contributed by atoms with van der Waals surface area (Å²) in [5.41, 5.74) is 8.40. The number of hydrogen-bond donors (Lipinski definition) is 2. The molecule has 0 saturated carbocycles. The highest BCUT2D eigenvalue weighted by atomic mass is 16.5. The van der Waals surface area contributed by atoms with Crippen molar-refractivity contribution in [1.29, 1.82) is 0 Å². The van der Waals surface area contributed by atoms with Crippen molar-refractivity contribution in [2.75, 3.05) is 17.7 Å². The number of para-hydroxylation sites is 2. The number of ether oxygens (including phenoxy) is 1. The van der Waals surface area contributed by atoms with E-state index in [0.717, 1.165) is 22.5 Å². The van der Waals surface area contributed by atoms with Crippen molar-refractivity contribution >= 4 is 28.4 Å². The highest BCUT2D eigenvalue weighted by Gasteiger charge is 2.06. The van der Waals surface area contributed by atoms with Crippen LogP contribution in [0.2, 0.25) is 0 Å². The second-order valence-corrected chi connectivity index (χ2v) is 4.53. The lowest BCUT2D eigenvalue weighted by atomic mass is 10.3. The van der Waals surface area contributed by atoms with Crippen molar-refractivity contribution < 1.29 is 4.74 Å². The van der Waals surface area contributed by atoms with Gasteiger partial charge >= 0.3 is 0 Å². The molecular weight excluding hydrogens is 264 g/mol. The Hall–Kier alpha value is -2.82. The lowest BCUT2D eigenvalue weighted by molar-refractivity contribution is 0.340. The number of aromatic nitrogens is 2. The predicted molar refractivity (Wildman–Crippen MR) is 84.8 cm³/mol. The molecule has 1 aromatic heterocycles. The zero-order valence-electron chi connectivity index (χ0n) is 11.7. The van der Waals surface area contributed by atoms with Gasteiger partial charge in [-0.2, -0.15) is 0 Å². The summed E-state index contributed by atoms with van der Waals surface area (Å²) < 4.78 is 5.48. The SMILES string of the molecule is CCOc1cccc(Nc2nc3ccccc3nc2N)c1. The Morgan fingerprint density at radius 2 is 1.81 bits per heavy atom. The smallest absolute Gasteiger partial charge is 0.174 e.